The molecule has 0 radical (unpaired) electrons. The Morgan fingerprint density at radius 1 is 0.951 bits per heavy atom. The van der Waals surface area contributed by atoms with Crippen molar-refractivity contribution in [3.05, 3.63) is 71.6 Å². The Labute approximate surface area is 238 Å². The zero-order valence-corrected chi connectivity index (χ0v) is 23.0. The van der Waals surface area contributed by atoms with Crippen LogP contribution in [0.2, 0.25) is 0 Å². The normalized spacial score (nSPS) is 23.8. The van der Waals surface area contributed by atoms with Crippen LogP contribution in [0.15, 0.2) is 54.6 Å². The maximum atomic E-state index is 14.0. The number of amides is 1. The van der Waals surface area contributed by atoms with Gasteiger partial charge in [0, 0.05) is 62.7 Å². The number of benzene rings is 2. The van der Waals surface area contributed by atoms with Crippen LogP contribution in [0, 0.1) is 29.0 Å². The van der Waals surface area contributed by atoms with Crippen molar-refractivity contribution in [1.29, 1.82) is 5.26 Å². The Morgan fingerprint density at radius 2 is 1.56 bits per heavy atom. The highest BCUT2D eigenvalue weighted by Gasteiger charge is 2.44. The molecule has 3 fully saturated rings. The molecule has 0 aromatic heterocycles. The number of carbonyl (C=O) groups excluding carboxylic acids is 1. The van der Waals surface area contributed by atoms with Crippen LogP contribution in [0.3, 0.4) is 0 Å². The van der Waals surface area contributed by atoms with E-state index < -0.39 is 17.8 Å². The zero-order chi connectivity index (χ0) is 29.5. The van der Waals surface area contributed by atoms with Gasteiger partial charge in [0.2, 0.25) is 5.91 Å². The van der Waals surface area contributed by atoms with E-state index in [9.17, 15) is 18.8 Å². The van der Waals surface area contributed by atoms with Crippen molar-refractivity contribution in [2.75, 3.05) is 36.4 Å². The van der Waals surface area contributed by atoms with Gasteiger partial charge in [-0.25, -0.2) is 14.0 Å². The summed E-state index contributed by atoms with van der Waals surface area (Å²) in [6.45, 7) is 5.36. The molecule has 2 aromatic carbocycles. The average Bonchev–Trinajstić information content (AvgIpc) is 3.52. The lowest BCUT2D eigenvalue weighted by Crippen LogP contribution is -2.50. The van der Waals surface area contributed by atoms with Crippen molar-refractivity contribution in [2.45, 2.75) is 44.6 Å². The lowest BCUT2D eigenvalue weighted by atomic mass is 9.92. The highest BCUT2D eigenvalue weighted by atomic mass is 19.1. The number of carboxylic acid groups (broad SMARTS) is 2. The number of piperazine rings is 1. The second kappa shape index (κ2) is 13.4. The van der Waals surface area contributed by atoms with Gasteiger partial charge in [0.1, 0.15) is 11.9 Å². The maximum Gasteiger partial charge on any atom is 0.328 e. The molecule has 1 saturated heterocycles. The van der Waals surface area contributed by atoms with Crippen molar-refractivity contribution in [3.63, 3.8) is 0 Å². The van der Waals surface area contributed by atoms with Gasteiger partial charge in [-0.1, -0.05) is 18.2 Å². The molecule has 2 saturated carbocycles. The molecule has 2 atom stereocenters. The number of aliphatic carboxylic acids is 2. The number of nitrogens with one attached hydrogen (secondary N) is 1. The molecule has 0 bridgehead atoms. The van der Waals surface area contributed by atoms with Gasteiger partial charge in [-0.3, -0.25) is 9.69 Å². The minimum absolute atomic E-state index is 0.0106. The number of halogens is 1. The fraction of sp³-hybridized carbons (Fsp3) is 0.419. The van der Waals surface area contributed by atoms with Crippen molar-refractivity contribution in [1.82, 2.24) is 4.90 Å². The van der Waals surface area contributed by atoms with Crippen LogP contribution in [-0.4, -0.2) is 65.2 Å². The molecule has 2 aromatic rings. The molecule has 1 aliphatic heterocycles. The number of anilines is 2. The van der Waals surface area contributed by atoms with Gasteiger partial charge in [0.25, 0.3) is 0 Å². The number of rotatable bonds is 6. The third-order valence-corrected chi connectivity index (χ3v) is 8.34. The molecular formula is C31H35FN4O5. The van der Waals surface area contributed by atoms with Crippen molar-refractivity contribution >= 4 is 29.2 Å². The number of para-hydroxylation sites is 1. The minimum Gasteiger partial charge on any atom is -0.478 e. The topological polar surface area (TPSA) is 134 Å². The van der Waals surface area contributed by atoms with Gasteiger partial charge in [-0.05, 0) is 73.3 Å². The first-order valence-electron chi connectivity index (χ1n) is 13.8. The third-order valence-electron chi connectivity index (χ3n) is 8.34. The van der Waals surface area contributed by atoms with Crippen molar-refractivity contribution < 1.29 is 29.0 Å². The standard InChI is InChI=1S/C27H31FN4O.C4H4O4/c1-18(33)30-27-5-3-2-4-25(27)22-12-20-14-24(15-21(20)13-22)32-10-8-31(9-11-32)23-7-6-19(17-29)26(28)16-23;5-3(6)1-2-4(7)8/h2-7,16,20-22,24H,8-15H2,1H3,(H,30,33);1-2H,(H,5,6)(H,7,8)/b;2-1+. The molecule has 5 rings (SSSR count). The van der Waals surface area contributed by atoms with Gasteiger partial charge in [-0.15, -0.1) is 0 Å². The Bertz CT molecular complexity index is 1320. The smallest absolute Gasteiger partial charge is 0.328 e. The number of nitrogens with zero attached hydrogens (tertiary/aromatic N) is 3. The molecule has 3 N–H and O–H groups in total. The molecule has 2 unspecified atom stereocenters. The van der Waals surface area contributed by atoms with E-state index in [1.54, 1.807) is 13.0 Å². The zero-order valence-electron chi connectivity index (χ0n) is 23.0. The van der Waals surface area contributed by atoms with Gasteiger partial charge in [0.15, 0.2) is 0 Å². The van der Waals surface area contributed by atoms with E-state index in [4.69, 9.17) is 15.5 Å². The predicted molar refractivity (Wildman–Crippen MR) is 152 cm³/mol. The molecule has 216 valence electrons. The SMILES string of the molecule is CC(=O)Nc1ccccc1C1CC2CC(N3CCN(c4ccc(C#N)c(F)c4)CC3)CC2C1.O=C(O)/C=C/C(=O)O. The monoisotopic (exact) mass is 562 g/mol. The number of hydrogen-bond donors (Lipinski definition) is 3. The fourth-order valence-electron chi connectivity index (χ4n) is 6.57. The Kier molecular flexibility index (Phi) is 9.73. The summed E-state index contributed by atoms with van der Waals surface area (Å²) in [4.78, 5) is 35.6. The van der Waals surface area contributed by atoms with E-state index in [1.807, 2.05) is 24.3 Å². The van der Waals surface area contributed by atoms with Crippen LogP contribution in [0.4, 0.5) is 15.8 Å². The first-order valence-corrected chi connectivity index (χ1v) is 13.8. The molecule has 3 aliphatic rings. The first kappa shape index (κ1) is 29.7. The molecule has 41 heavy (non-hydrogen) atoms. The molecule has 9 nitrogen and oxygen atoms in total. The van der Waals surface area contributed by atoms with Gasteiger partial charge in [-0.2, -0.15) is 5.26 Å². The van der Waals surface area contributed by atoms with Crippen LogP contribution in [-0.2, 0) is 14.4 Å². The van der Waals surface area contributed by atoms with Crippen molar-refractivity contribution in [2.24, 2.45) is 11.8 Å². The Balaban J connectivity index is 0.000000426. The second-order valence-corrected chi connectivity index (χ2v) is 10.9. The number of hydrogen-bond acceptors (Lipinski definition) is 6. The molecule has 0 spiro atoms. The predicted octanol–water partition coefficient (Wildman–Crippen LogP) is 4.46. The van der Waals surface area contributed by atoms with Crippen LogP contribution in [0.5, 0.6) is 0 Å². The molecule has 2 aliphatic carbocycles. The average molecular weight is 563 g/mol. The lowest BCUT2D eigenvalue weighted by molar-refractivity contribution is -0.134. The fourth-order valence-corrected chi connectivity index (χ4v) is 6.57. The largest absolute Gasteiger partial charge is 0.478 e. The van der Waals surface area contributed by atoms with Gasteiger partial charge >= 0.3 is 11.9 Å². The second-order valence-electron chi connectivity index (χ2n) is 10.9. The summed E-state index contributed by atoms with van der Waals surface area (Å²) in [6, 6.07) is 15.7. The molecule has 10 heteroatoms. The highest BCUT2D eigenvalue weighted by molar-refractivity contribution is 5.90. The van der Waals surface area contributed by atoms with Crippen LogP contribution >= 0.6 is 0 Å². The summed E-state index contributed by atoms with van der Waals surface area (Å²) in [5.74, 6) is -0.904. The van der Waals surface area contributed by atoms with E-state index in [-0.39, 0.29) is 11.5 Å². The summed E-state index contributed by atoms with van der Waals surface area (Å²) in [7, 11) is 0. The van der Waals surface area contributed by atoms with Crippen molar-refractivity contribution in [3.8, 4) is 6.07 Å². The summed E-state index contributed by atoms with van der Waals surface area (Å²) >= 11 is 0. The van der Waals surface area contributed by atoms with Crippen LogP contribution < -0.4 is 10.2 Å². The highest BCUT2D eigenvalue weighted by Crippen LogP contribution is 2.52. The quantitative estimate of drug-likeness (QED) is 0.440. The van der Waals surface area contributed by atoms with Crippen LogP contribution in [0.1, 0.15) is 49.7 Å². The van der Waals surface area contributed by atoms with Gasteiger partial charge in [0.05, 0.1) is 5.56 Å². The summed E-state index contributed by atoms with van der Waals surface area (Å²) in [6.07, 6.45) is 6.05. The van der Waals surface area contributed by atoms with E-state index in [1.165, 1.54) is 37.3 Å². The Morgan fingerprint density at radius 3 is 2.10 bits per heavy atom. The maximum absolute atomic E-state index is 14.0. The summed E-state index contributed by atoms with van der Waals surface area (Å²) < 4.78 is 14.0. The summed E-state index contributed by atoms with van der Waals surface area (Å²) in [5.41, 5.74) is 3.24. The number of carboxylic acids is 2. The van der Waals surface area contributed by atoms with E-state index in [0.29, 0.717) is 24.1 Å². The van der Waals surface area contributed by atoms with E-state index in [2.05, 4.69) is 27.2 Å². The number of nitriles is 1. The van der Waals surface area contributed by atoms with Crippen LogP contribution in [0.25, 0.3) is 0 Å². The third kappa shape index (κ3) is 7.70. The first-order chi connectivity index (χ1) is 19.6. The van der Waals surface area contributed by atoms with Gasteiger partial charge < -0.3 is 20.4 Å². The van der Waals surface area contributed by atoms with E-state index >= 15 is 0 Å². The molecule has 1 amide bonds. The molecular weight excluding hydrogens is 527 g/mol. The number of fused-ring (bicyclic) bond motifs is 1. The Hall–Kier alpha value is -4.23. The lowest BCUT2D eigenvalue weighted by Gasteiger charge is -2.39. The molecule has 1 heterocycles. The minimum atomic E-state index is -1.26. The van der Waals surface area contributed by atoms with E-state index in [0.717, 1.165) is 49.4 Å². The summed E-state index contributed by atoms with van der Waals surface area (Å²) in [5, 5.41) is 27.6. The number of carbonyl (C=O) groups is 3.